The largest absolute Gasteiger partial charge is 0.484 e. The second-order valence-corrected chi connectivity index (χ2v) is 10.2. The van der Waals surface area contributed by atoms with E-state index in [4.69, 9.17) is 4.74 Å². The van der Waals surface area contributed by atoms with Crippen molar-refractivity contribution in [2.45, 2.75) is 17.0 Å². The summed E-state index contributed by atoms with van der Waals surface area (Å²) in [5.74, 6) is 1.50. The molecule has 0 saturated heterocycles. The van der Waals surface area contributed by atoms with E-state index in [9.17, 15) is 13.2 Å². The minimum absolute atomic E-state index is 0.163. The molecule has 11 heteroatoms. The van der Waals surface area contributed by atoms with Crippen molar-refractivity contribution in [3.63, 3.8) is 0 Å². The summed E-state index contributed by atoms with van der Waals surface area (Å²) < 4.78 is 31.1. The maximum atomic E-state index is 12.2. The van der Waals surface area contributed by atoms with Gasteiger partial charge in [0.2, 0.25) is 15.2 Å². The number of amides is 1. The van der Waals surface area contributed by atoms with Crippen LogP contribution in [0.1, 0.15) is 5.56 Å². The average Bonchev–Trinajstić information content (AvgIpc) is 3.25. The summed E-state index contributed by atoms with van der Waals surface area (Å²) in [5, 5.41) is 10.5. The monoisotopic (exact) mass is 475 g/mol. The number of benzene rings is 2. The van der Waals surface area contributed by atoms with Gasteiger partial charge in [0, 0.05) is 32.0 Å². The highest BCUT2D eigenvalue weighted by atomic mass is 32.2. The number of rotatable bonds is 10. The molecule has 0 bridgehead atoms. The third kappa shape index (κ3) is 6.09. The fourth-order valence-corrected chi connectivity index (χ4v) is 4.36. The van der Waals surface area contributed by atoms with Gasteiger partial charge in [-0.2, -0.15) is 0 Å². The normalized spacial score (nSPS) is 11.5. The van der Waals surface area contributed by atoms with Gasteiger partial charge in [0.15, 0.2) is 12.4 Å². The number of aryl methyl sites for hydroxylation is 1. The Morgan fingerprint density at radius 1 is 1.19 bits per heavy atom. The number of carbonyl (C=O) groups is 1. The summed E-state index contributed by atoms with van der Waals surface area (Å²) in [6.45, 7) is 2.00. The van der Waals surface area contributed by atoms with Crippen molar-refractivity contribution in [3.05, 3.63) is 54.1 Å². The van der Waals surface area contributed by atoms with E-state index in [1.165, 1.54) is 38.0 Å². The number of sulfonamides is 1. The molecule has 3 rings (SSSR count). The van der Waals surface area contributed by atoms with Gasteiger partial charge in [0.1, 0.15) is 5.75 Å². The molecule has 2 N–H and O–H groups in total. The topological polar surface area (TPSA) is 117 Å². The Kier molecular flexibility index (Phi) is 7.89. The van der Waals surface area contributed by atoms with Crippen LogP contribution in [0.25, 0.3) is 11.4 Å². The molecule has 1 amide bonds. The number of H-pyrrole nitrogens is 1. The van der Waals surface area contributed by atoms with Crippen molar-refractivity contribution in [1.29, 1.82) is 0 Å². The Hall–Kier alpha value is -2.89. The van der Waals surface area contributed by atoms with Crippen molar-refractivity contribution in [2.24, 2.45) is 0 Å². The van der Waals surface area contributed by atoms with Crippen LogP contribution in [0.4, 0.5) is 0 Å². The lowest BCUT2D eigenvalue weighted by atomic mass is 10.2. The van der Waals surface area contributed by atoms with Gasteiger partial charge in [-0.1, -0.05) is 42.1 Å². The summed E-state index contributed by atoms with van der Waals surface area (Å²) in [4.78, 5) is 16.7. The fraction of sp³-hybridized carbons (Fsp3) is 0.286. The number of hydrogen-bond acceptors (Lipinski definition) is 7. The Bertz CT molecular complexity index is 1160. The zero-order valence-electron chi connectivity index (χ0n) is 18.0. The molecule has 0 fully saturated rings. The molecule has 0 aliphatic heterocycles. The van der Waals surface area contributed by atoms with E-state index in [1.54, 1.807) is 13.0 Å². The summed E-state index contributed by atoms with van der Waals surface area (Å²) in [6, 6.07) is 14.3. The van der Waals surface area contributed by atoms with Crippen molar-refractivity contribution in [1.82, 2.24) is 24.8 Å². The molecule has 0 saturated carbocycles. The standard InChI is InChI=1S/C21H25N5O4S2/c1-15-13-17(32(28,29)26(2)3)9-10-18(15)30-14-19(27)22-11-12-31-21-23-20(24-25-21)16-7-5-4-6-8-16/h4-10,13H,11-12,14H2,1-3H3,(H,22,27)(H,23,24,25). The van der Waals surface area contributed by atoms with Crippen LogP contribution in [0, 0.1) is 6.92 Å². The molecule has 170 valence electrons. The van der Waals surface area contributed by atoms with Crippen molar-refractivity contribution in [2.75, 3.05) is 33.0 Å². The summed E-state index contributed by atoms with van der Waals surface area (Å²) in [5.41, 5.74) is 1.59. The first-order valence-corrected chi connectivity index (χ1v) is 12.2. The molecule has 0 aliphatic rings. The summed E-state index contributed by atoms with van der Waals surface area (Å²) in [6.07, 6.45) is 0. The Morgan fingerprint density at radius 2 is 1.94 bits per heavy atom. The molecule has 1 aromatic heterocycles. The van der Waals surface area contributed by atoms with Gasteiger partial charge in [0.25, 0.3) is 5.91 Å². The van der Waals surface area contributed by atoms with E-state index in [-0.39, 0.29) is 17.4 Å². The molecule has 0 unspecified atom stereocenters. The first-order chi connectivity index (χ1) is 15.3. The zero-order chi connectivity index (χ0) is 23.1. The van der Waals surface area contributed by atoms with Crippen LogP contribution >= 0.6 is 11.8 Å². The number of ether oxygens (including phenoxy) is 1. The highest BCUT2D eigenvalue weighted by Crippen LogP contribution is 2.23. The van der Waals surface area contributed by atoms with Crippen LogP contribution < -0.4 is 10.1 Å². The van der Waals surface area contributed by atoms with E-state index in [1.807, 2.05) is 30.3 Å². The number of aromatic amines is 1. The molecule has 2 aromatic carbocycles. The second-order valence-electron chi connectivity index (χ2n) is 7.03. The molecule has 9 nitrogen and oxygen atoms in total. The molecule has 1 heterocycles. The third-order valence-electron chi connectivity index (χ3n) is 4.45. The van der Waals surface area contributed by atoms with E-state index < -0.39 is 10.0 Å². The summed E-state index contributed by atoms with van der Waals surface area (Å²) in [7, 11) is -0.567. The molecule has 0 aliphatic carbocycles. The minimum atomic E-state index is -3.52. The number of nitrogens with zero attached hydrogens (tertiary/aromatic N) is 3. The molecule has 0 atom stereocenters. The molecule has 0 spiro atoms. The van der Waals surface area contributed by atoms with Gasteiger partial charge >= 0.3 is 0 Å². The molecular weight excluding hydrogens is 450 g/mol. The van der Waals surface area contributed by atoms with Crippen LogP contribution in [-0.2, 0) is 14.8 Å². The van der Waals surface area contributed by atoms with Gasteiger partial charge in [-0.05, 0) is 30.7 Å². The minimum Gasteiger partial charge on any atom is -0.484 e. The third-order valence-corrected chi connectivity index (χ3v) is 7.11. The van der Waals surface area contributed by atoms with Crippen LogP contribution in [0.3, 0.4) is 0 Å². The Morgan fingerprint density at radius 3 is 2.62 bits per heavy atom. The van der Waals surface area contributed by atoms with Gasteiger partial charge in [-0.15, -0.1) is 5.10 Å². The Labute approximate surface area is 191 Å². The van der Waals surface area contributed by atoms with Crippen LogP contribution in [0.5, 0.6) is 5.75 Å². The summed E-state index contributed by atoms with van der Waals surface area (Å²) >= 11 is 1.43. The fourth-order valence-electron chi connectivity index (χ4n) is 2.72. The van der Waals surface area contributed by atoms with Crippen LogP contribution in [-0.4, -0.2) is 66.8 Å². The van der Waals surface area contributed by atoms with E-state index in [0.717, 1.165) is 9.87 Å². The number of carbonyl (C=O) groups excluding carboxylic acids is 1. The van der Waals surface area contributed by atoms with Crippen molar-refractivity contribution < 1.29 is 17.9 Å². The lowest BCUT2D eigenvalue weighted by Crippen LogP contribution is -2.30. The first-order valence-electron chi connectivity index (χ1n) is 9.80. The smallest absolute Gasteiger partial charge is 0.257 e. The predicted octanol–water partition coefficient (Wildman–Crippen LogP) is 2.32. The maximum absolute atomic E-state index is 12.2. The SMILES string of the molecule is Cc1cc(S(=O)(=O)N(C)C)ccc1OCC(=O)NCCSc1n[nH]c(-c2ccccc2)n1. The molecule has 0 radical (unpaired) electrons. The Balaban J connectivity index is 1.42. The van der Waals surface area contributed by atoms with E-state index in [0.29, 0.717) is 34.6 Å². The first kappa shape index (κ1) is 23.8. The van der Waals surface area contributed by atoms with Crippen molar-refractivity contribution >= 4 is 27.7 Å². The van der Waals surface area contributed by atoms with Crippen LogP contribution in [0.15, 0.2) is 58.6 Å². The van der Waals surface area contributed by atoms with Crippen LogP contribution in [0.2, 0.25) is 0 Å². The van der Waals surface area contributed by atoms with E-state index >= 15 is 0 Å². The van der Waals surface area contributed by atoms with Gasteiger partial charge in [-0.25, -0.2) is 17.7 Å². The lowest BCUT2D eigenvalue weighted by Gasteiger charge is -2.14. The van der Waals surface area contributed by atoms with Gasteiger partial charge in [0.05, 0.1) is 4.90 Å². The van der Waals surface area contributed by atoms with Gasteiger partial charge < -0.3 is 10.1 Å². The quantitative estimate of drug-likeness (QED) is 0.341. The molecule has 3 aromatic rings. The van der Waals surface area contributed by atoms with E-state index in [2.05, 4.69) is 20.5 Å². The number of hydrogen-bond donors (Lipinski definition) is 2. The lowest BCUT2D eigenvalue weighted by molar-refractivity contribution is -0.122. The number of aromatic nitrogens is 3. The maximum Gasteiger partial charge on any atom is 0.257 e. The molecule has 32 heavy (non-hydrogen) atoms. The molecular formula is C21H25N5O4S2. The van der Waals surface area contributed by atoms with Gasteiger partial charge in [-0.3, -0.25) is 9.89 Å². The predicted molar refractivity (Wildman–Crippen MR) is 123 cm³/mol. The number of thioether (sulfide) groups is 1. The average molecular weight is 476 g/mol. The number of nitrogens with one attached hydrogen (secondary N) is 2. The zero-order valence-corrected chi connectivity index (χ0v) is 19.7. The van der Waals surface area contributed by atoms with Crippen molar-refractivity contribution in [3.8, 4) is 17.1 Å². The second kappa shape index (κ2) is 10.6. The highest BCUT2D eigenvalue weighted by Gasteiger charge is 2.18. The highest BCUT2D eigenvalue weighted by molar-refractivity contribution is 7.99.